The predicted octanol–water partition coefficient (Wildman–Crippen LogP) is 3.37. The van der Waals surface area contributed by atoms with Gasteiger partial charge < -0.3 is 10.6 Å². The first kappa shape index (κ1) is 12.9. The number of hydrogen-bond acceptors (Lipinski definition) is 3. The molecular formula is C14H16BrN3. The SMILES string of the molecule is Cc1cc(N(C)Cc2ccccn2)c(Br)cc1N. The van der Waals surface area contributed by atoms with E-state index in [4.69, 9.17) is 5.73 Å². The molecule has 0 unspecified atom stereocenters. The van der Waals surface area contributed by atoms with Gasteiger partial charge in [-0.3, -0.25) is 4.98 Å². The number of hydrogen-bond donors (Lipinski definition) is 1. The molecule has 0 saturated carbocycles. The lowest BCUT2D eigenvalue weighted by Gasteiger charge is -2.21. The number of benzene rings is 1. The van der Waals surface area contributed by atoms with Gasteiger partial charge in [0.25, 0.3) is 0 Å². The van der Waals surface area contributed by atoms with Crippen LogP contribution in [0.2, 0.25) is 0 Å². The summed E-state index contributed by atoms with van der Waals surface area (Å²) in [5, 5.41) is 0. The van der Waals surface area contributed by atoms with E-state index in [0.717, 1.165) is 33.6 Å². The van der Waals surface area contributed by atoms with Gasteiger partial charge in [0.05, 0.1) is 17.9 Å². The summed E-state index contributed by atoms with van der Waals surface area (Å²) in [6.07, 6.45) is 1.81. The smallest absolute Gasteiger partial charge is 0.0599 e. The van der Waals surface area contributed by atoms with Crippen LogP contribution in [0.3, 0.4) is 0 Å². The summed E-state index contributed by atoms with van der Waals surface area (Å²) in [4.78, 5) is 6.48. The average Bonchev–Trinajstić information content (AvgIpc) is 2.35. The fraction of sp³-hybridized carbons (Fsp3) is 0.214. The third kappa shape index (κ3) is 2.82. The van der Waals surface area contributed by atoms with Gasteiger partial charge in [0, 0.05) is 23.4 Å². The van der Waals surface area contributed by atoms with Crippen molar-refractivity contribution in [1.29, 1.82) is 0 Å². The maximum Gasteiger partial charge on any atom is 0.0599 e. The number of aryl methyl sites for hydroxylation is 1. The van der Waals surface area contributed by atoms with E-state index in [-0.39, 0.29) is 0 Å². The zero-order chi connectivity index (χ0) is 13.1. The lowest BCUT2D eigenvalue weighted by Crippen LogP contribution is -2.18. The van der Waals surface area contributed by atoms with Crippen LogP contribution in [0.15, 0.2) is 41.0 Å². The van der Waals surface area contributed by atoms with E-state index in [1.165, 1.54) is 0 Å². The maximum absolute atomic E-state index is 5.88. The minimum atomic E-state index is 0.767. The van der Waals surface area contributed by atoms with Crippen molar-refractivity contribution in [3.05, 3.63) is 52.3 Å². The highest BCUT2D eigenvalue weighted by Gasteiger charge is 2.09. The fourth-order valence-corrected chi connectivity index (χ4v) is 2.46. The van der Waals surface area contributed by atoms with Crippen LogP contribution in [-0.2, 0) is 6.54 Å². The van der Waals surface area contributed by atoms with Crippen LogP contribution in [0.5, 0.6) is 0 Å². The lowest BCUT2D eigenvalue weighted by molar-refractivity contribution is 0.882. The fourth-order valence-electron chi connectivity index (χ4n) is 1.79. The van der Waals surface area contributed by atoms with Gasteiger partial charge >= 0.3 is 0 Å². The van der Waals surface area contributed by atoms with Gasteiger partial charge in [-0.2, -0.15) is 0 Å². The van der Waals surface area contributed by atoms with Crippen LogP contribution in [0.4, 0.5) is 11.4 Å². The molecule has 0 atom stereocenters. The highest BCUT2D eigenvalue weighted by atomic mass is 79.9. The number of halogens is 1. The predicted molar refractivity (Wildman–Crippen MR) is 79.6 cm³/mol. The summed E-state index contributed by atoms with van der Waals surface area (Å²) in [5.74, 6) is 0. The van der Waals surface area contributed by atoms with E-state index in [1.54, 1.807) is 0 Å². The monoisotopic (exact) mass is 305 g/mol. The molecule has 0 radical (unpaired) electrons. The molecule has 0 bridgehead atoms. The van der Waals surface area contributed by atoms with E-state index >= 15 is 0 Å². The number of nitrogens with zero attached hydrogens (tertiary/aromatic N) is 2. The molecule has 0 spiro atoms. The van der Waals surface area contributed by atoms with Gasteiger partial charge in [0.2, 0.25) is 0 Å². The molecule has 1 aromatic heterocycles. The summed E-state index contributed by atoms with van der Waals surface area (Å²) in [5.41, 5.74) is 9.93. The minimum absolute atomic E-state index is 0.767. The molecule has 0 aliphatic carbocycles. The van der Waals surface area contributed by atoms with Crippen LogP contribution in [-0.4, -0.2) is 12.0 Å². The van der Waals surface area contributed by atoms with Gasteiger partial charge in [0.1, 0.15) is 0 Å². The first-order valence-corrected chi connectivity index (χ1v) is 6.54. The Morgan fingerprint density at radius 2 is 2.11 bits per heavy atom. The number of pyridine rings is 1. The second-order valence-corrected chi connectivity index (χ2v) is 5.19. The molecule has 2 N–H and O–H groups in total. The molecule has 2 rings (SSSR count). The van der Waals surface area contributed by atoms with E-state index in [9.17, 15) is 0 Å². The first-order valence-electron chi connectivity index (χ1n) is 5.74. The Morgan fingerprint density at radius 1 is 1.33 bits per heavy atom. The molecule has 2 aromatic rings. The highest BCUT2D eigenvalue weighted by molar-refractivity contribution is 9.10. The van der Waals surface area contributed by atoms with E-state index in [1.807, 2.05) is 44.4 Å². The molecule has 18 heavy (non-hydrogen) atoms. The average molecular weight is 306 g/mol. The van der Waals surface area contributed by atoms with Gasteiger partial charge in [-0.15, -0.1) is 0 Å². The van der Waals surface area contributed by atoms with Gasteiger partial charge in [-0.25, -0.2) is 0 Å². The van der Waals surface area contributed by atoms with E-state index < -0.39 is 0 Å². The summed E-state index contributed by atoms with van der Waals surface area (Å²) in [6, 6.07) is 9.97. The molecule has 1 aromatic carbocycles. The molecule has 0 fully saturated rings. The minimum Gasteiger partial charge on any atom is -0.398 e. The quantitative estimate of drug-likeness (QED) is 0.884. The van der Waals surface area contributed by atoms with Crippen molar-refractivity contribution >= 4 is 27.3 Å². The Kier molecular flexibility index (Phi) is 3.87. The standard InChI is InChI=1S/C14H16BrN3/c1-10-7-14(12(15)8-13(10)16)18(2)9-11-5-3-4-6-17-11/h3-8H,9,16H2,1-2H3. The zero-order valence-corrected chi connectivity index (χ0v) is 12.1. The topological polar surface area (TPSA) is 42.2 Å². The lowest BCUT2D eigenvalue weighted by atomic mass is 10.1. The van der Waals surface area contributed by atoms with Crippen LogP contribution in [0, 0.1) is 6.92 Å². The van der Waals surface area contributed by atoms with E-state index in [2.05, 4.69) is 31.9 Å². The Morgan fingerprint density at radius 3 is 2.78 bits per heavy atom. The molecular weight excluding hydrogens is 290 g/mol. The summed E-state index contributed by atoms with van der Waals surface area (Å²) in [6.45, 7) is 2.78. The Bertz CT molecular complexity index is 540. The van der Waals surface area contributed by atoms with Crippen molar-refractivity contribution in [2.24, 2.45) is 0 Å². The molecule has 94 valence electrons. The molecule has 0 amide bonds. The number of aromatic nitrogens is 1. The number of nitrogens with two attached hydrogens (primary N) is 1. The molecule has 4 heteroatoms. The van der Waals surface area contributed by atoms with Crippen molar-refractivity contribution in [3.8, 4) is 0 Å². The number of nitrogen functional groups attached to an aromatic ring is 1. The third-order valence-corrected chi connectivity index (χ3v) is 3.51. The van der Waals surface area contributed by atoms with Crippen molar-refractivity contribution < 1.29 is 0 Å². The van der Waals surface area contributed by atoms with E-state index in [0.29, 0.717) is 0 Å². The molecule has 1 heterocycles. The molecule has 3 nitrogen and oxygen atoms in total. The normalized spacial score (nSPS) is 10.4. The molecule has 0 saturated heterocycles. The molecule has 0 aliphatic heterocycles. The highest BCUT2D eigenvalue weighted by Crippen LogP contribution is 2.30. The number of rotatable bonds is 3. The molecule has 0 aliphatic rings. The largest absolute Gasteiger partial charge is 0.398 e. The van der Waals surface area contributed by atoms with Crippen LogP contribution in [0.1, 0.15) is 11.3 Å². The third-order valence-electron chi connectivity index (χ3n) is 2.87. The Balaban J connectivity index is 2.24. The van der Waals surface area contributed by atoms with Crippen molar-refractivity contribution in [2.75, 3.05) is 17.7 Å². The Hall–Kier alpha value is -1.55. The Labute approximate surface area is 116 Å². The van der Waals surface area contributed by atoms with Crippen molar-refractivity contribution in [3.63, 3.8) is 0 Å². The first-order chi connectivity index (χ1) is 8.58. The van der Waals surface area contributed by atoms with Gasteiger partial charge in [-0.05, 0) is 52.7 Å². The summed E-state index contributed by atoms with van der Waals surface area (Å²) >= 11 is 3.55. The maximum atomic E-state index is 5.88. The number of anilines is 2. The van der Waals surface area contributed by atoms with Gasteiger partial charge in [0.15, 0.2) is 0 Å². The second kappa shape index (κ2) is 5.40. The summed E-state index contributed by atoms with van der Waals surface area (Å²) < 4.78 is 1.00. The zero-order valence-electron chi connectivity index (χ0n) is 10.5. The van der Waals surface area contributed by atoms with Gasteiger partial charge in [-0.1, -0.05) is 6.07 Å². The van der Waals surface area contributed by atoms with Crippen LogP contribution >= 0.6 is 15.9 Å². The van der Waals surface area contributed by atoms with Crippen LogP contribution < -0.4 is 10.6 Å². The van der Waals surface area contributed by atoms with Crippen molar-refractivity contribution in [1.82, 2.24) is 4.98 Å². The van der Waals surface area contributed by atoms with Crippen LogP contribution in [0.25, 0.3) is 0 Å². The summed E-state index contributed by atoms with van der Waals surface area (Å²) in [7, 11) is 2.05. The second-order valence-electron chi connectivity index (χ2n) is 4.34. The van der Waals surface area contributed by atoms with Crippen molar-refractivity contribution in [2.45, 2.75) is 13.5 Å².